The molecule has 1 aromatic rings. The van der Waals surface area contributed by atoms with Crippen molar-refractivity contribution in [3.63, 3.8) is 0 Å². The van der Waals surface area contributed by atoms with Gasteiger partial charge in [-0.15, -0.1) is 0 Å². The molecule has 3 heterocycles. The Hall–Kier alpha value is -1.93. The first-order chi connectivity index (χ1) is 11.9. The molecule has 1 atom stereocenters. The van der Waals surface area contributed by atoms with E-state index in [1.807, 2.05) is 18.9 Å². The fourth-order valence-electron chi connectivity index (χ4n) is 3.67. The van der Waals surface area contributed by atoms with Gasteiger partial charge in [-0.3, -0.25) is 14.5 Å². The second-order valence-electron chi connectivity index (χ2n) is 7.02. The Bertz CT molecular complexity index is 666. The van der Waals surface area contributed by atoms with E-state index in [1.165, 1.54) is 0 Å². The Kier molecular flexibility index (Phi) is 4.83. The van der Waals surface area contributed by atoms with Crippen LogP contribution in [0, 0.1) is 6.92 Å². The van der Waals surface area contributed by atoms with Gasteiger partial charge in [0, 0.05) is 20.0 Å². The molecule has 1 N–H and O–H groups in total. The number of morpholine rings is 1. The smallest absolute Gasteiger partial charge is 0.259 e. The Morgan fingerprint density at radius 1 is 1.36 bits per heavy atom. The first-order valence-electron chi connectivity index (χ1n) is 8.71. The second-order valence-corrected chi connectivity index (χ2v) is 7.02. The molecule has 2 aliphatic rings. The lowest BCUT2D eigenvalue weighted by Crippen LogP contribution is -2.73. The first-order valence-corrected chi connectivity index (χ1v) is 8.71. The zero-order valence-electron chi connectivity index (χ0n) is 15.3. The van der Waals surface area contributed by atoms with Gasteiger partial charge in [-0.2, -0.15) is 0 Å². The highest BCUT2D eigenvalue weighted by Gasteiger charge is 2.51. The third-order valence-corrected chi connectivity index (χ3v) is 5.04. The molecule has 0 unspecified atom stereocenters. The van der Waals surface area contributed by atoms with E-state index >= 15 is 0 Å². The zero-order chi connectivity index (χ0) is 18.2. The lowest BCUT2D eigenvalue weighted by Gasteiger charge is -2.54. The summed E-state index contributed by atoms with van der Waals surface area (Å²) in [4.78, 5) is 28.4. The van der Waals surface area contributed by atoms with Crippen molar-refractivity contribution in [2.24, 2.45) is 0 Å². The molecule has 2 aliphatic heterocycles. The number of nitrogens with one attached hydrogen (secondary N) is 1. The van der Waals surface area contributed by atoms with Crippen LogP contribution in [-0.4, -0.2) is 78.8 Å². The molecule has 1 aromatic heterocycles. The number of aryl methyl sites for hydroxylation is 2. The number of likely N-dealkylation sites (tertiary alicyclic amines) is 1. The van der Waals surface area contributed by atoms with Crippen molar-refractivity contribution in [3.05, 3.63) is 17.0 Å². The average Bonchev–Trinajstić information content (AvgIpc) is 2.92. The van der Waals surface area contributed by atoms with Crippen molar-refractivity contribution in [2.45, 2.75) is 38.3 Å². The molecule has 1 spiro atoms. The number of ether oxygens (including phenoxy) is 1. The zero-order valence-corrected chi connectivity index (χ0v) is 15.3. The van der Waals surface area contributed by atoms with Gasteiger partial charge in [-0.05, 0) is 20.4 Å². The number of carbonyl (C=O) groups excluding carboxylic acids is 2. The number of likely N-dealkylation sites (N-methyl/N-ethyl adjacent to an activating group) is 2. The number of carbonyl (C=O) groups is 2. The van der Waals surface area contributed by atoms with Gasteiger partial charge >= 0.3 is 0 Å². The topological polar surface area (TPSA) is 87.9 Å². The van der Waals surface area contributed by atoms with Crippen molar-refractivity contribution in [3.8, 4) is 0 Å². The van der Waals surface area contributed by atoms with Crippen LogP contribution in [0.15, 0.2) is 4.52 Å². The van der Waals surface area contributed by atoms with Crippen molar-refractivity contribution in [1.82, 2.24) is 20.3 Å². The van der Waals surface area contributed by atoms with E-state index in [9.17, 15) is 9.59 Å². The Morgan fingerprint density at radius 3 is 2.68 bits per heavy atom. The maximum atomic E-state index is 12.8. The highest BCUT2D eigenvalue weighted by molar-refractivity contribution is 5.97. The summed E-state index contributed by atoms with van der Waals surface area (Å²) in [7, 11) is 3.54. The number of rotatable bonds is 4. The Morgan fingerprint density at radius 2 is 2.08 bits per heavy atom. The summed E-state index contributed by atoms with van der Waals surface area (Å²) >= 11 is 0. The normalized spacial score (nSPS) is 22.7. The van der Waals surface area contributed by atoms with Crippen LogP contribution in [0.5, 0.6) is 0 Å². The van der Waals surface area contributed by atoms with Crippen LogP contribution in [0.2, 0.25) is 0 Å². The fraction of sp³-hybridized carbons (Fsp3) is 0.706. The van der Waals surface area contributed by atoms with Gasteiger partial charge < -0.3 is 19.5 Å². The van der Waals surface area contributed by atoms with Gasteiger partial charge in [0.15, 0.2) is 0 Å². The van der Waals surface area contributed by atoms with Gasteiger partial charge in [0.25, 0.3) is 5.91 Å². The predicted molar refractivity (Wildman–Crippen MR) is 90.3 cm³/mol. The third-order valence-electron chi connectivity index (χ3n) is 5.04. The first kappa shape index (κ1) is 17.9. The molecule has 138 valence electrons. The predicted octanol–water partition coefficient (Wildman–Crippen LogP) is 0.207. The maximum absolute atomic E-state index is 12.8. The second kappa shape index (κ2) is 6.76. The molecule has 3 rings (SSSR count). The van der Waals surface area contributed by atoms with E-state index in [1.54, 1.807) is 18.9 Å². The number of aromatic nitrogens is 1. The van der Waals surface area contributed by atoms with E-state index in [-0.39, 0.29) is 23.5 Å². The highest BCUT2D eigenvalue weighted by Crippen LogP contribution is 2.32. The van der Waals surface area contributed by atoms with Crippen molar-refractivity contribution in [1.29, 1.82) is 0 Å². The van der Waals surface area contributed by atoms with Crippen LogP contribution < -0.4 is 5.32 Å². The number of hydrogen-bond acceptors (Lipinski definition) is 6. The average molecular weight is 350 g/mol. The van der Waals surface area contributed by atoms with Gasteiger partial charge in [0.2, 0.25) is 5.91 Å². The lowest BCUT2D eigenvalue weighted by molar-refractivity contribution is -0.187. The molecule has 0 aliphatic carbocycles. The molecule has 2 fully saturated rings. The molecular weight excluding hydrogens is 324 g/mol. The van der Waals surface area contributed by atoms with Crippen LogP contribution in [-0.2, 0) is 16.0 Å². The summed E-state index contributed by atoms with van der Waals surface area (Å²) in [5.74, 6) is 0.564. The van der Waals surface area contributed by atoms with Crippen LogP contribution in [0.4, 0.5) is 0 Å². The summed E-state index contributed by atoms with van der Waals surface area (Å²) in [6, 6.07) is -0.281. The van der Waals surface area contributed by atoms with Crippen LogP contribution in [0.3, 0.4) is 0 Å². The molecule has 2 saturated heterocycles. The minimum absolute atomic E-state index is 0.0473. The summed E-state index contributed by atoms with van der Waals surface area (Å²) in [6.07, 6.45) is 1.60. The summed E-state index contributed by atoms with van der Waals surface area (Å²) in [5, 5.41) is 6.60. The quantitative estimate of drug-likeness (QED) is 0.835. The van der Waals surface area contributed by atoms with Gasteiger partial charge in [0.1, 0.15) is 23.0 Å². The molecule has 2 amide bonds. The summed E-state index contributed by atoms with van der Waals surface area (Å²) in [6.45, 7) is 5.84. The largest absolute Gasteiger partial charge is 0.368 e. The summed E-state index contributed by atoms with van der Waals surface area (Å²) in [5.41, 5.74) is 0.838. The van der Waals surface area contributed by atoms with Gasteiger partial charge in [-0.25, -0.2) is 0 Å². The molecule has 0 bridgehead atoms. The van der Waals surface area contributed by atoms with E-state index in [4.69, 9.17) is 9.26 Å². The van der Waals surface area contributed by atoms with Gasteiger partial charge in [-0.1, -0.05) is 12.1 Å². The number of nitrogens with zero attached hydrogens (tertiary/aromatic N) is 3. The fourth-order valence-corrected chi connectivity index (χ4v) is 3.67. The Balaban J connectivity index is 1.64. The Labute approximate surface area is 147 Å². The monoisotopic (exact) mass is 350 g/mol. The van der Waals surface area contributed by atoms with E-state index in [0.717, 1.165) is 6.42 Å². The molecule has 0 saturated carbocycles. The van der Waals surface area contributed by atoms with Crippen LogP contribution >= 0.6 is 0 Å². The standard InChI is InChI=1S/C17H26N4O4/c1-5-6-13-14(11(2)19-25-13)16(23)21-9-17(10-21)8-20(4)12(7-24-17)15(22)18-3/h12H,5-10H2,1-4H3,(H,18,22)/t12-/m1/s1. The summed E-state index contributed by atoms with van der Waals surface area (Å²) < 4.78 is 11.3. The van der Waals surface area contributed by atoms with E-state index in [2.05, 4.69) is 10.5 Å². The lowest BCUT2D eigenvalue weighted by atomic mass is 9.89. The van der Waals surface area contributed by atoms with Crippen LogP contribution in [0.25, 0.3) is 0 Å². The van der Waals surface area contributed by atoms with Crippen molar-refractivity contribution < 1.29 is 18.8 Å². The van der Waals surface area contributed by atoms with Gasteiger partial charge in [0.05, 0.1) is 25.4 Å². The molecular formula is C17H26N4O4. The van der Waals surface area contributed by atoms with Crippen molar-refractivity contribution in [2.75, 3.05) is 40.3 Å². The van der Waals surface area contributed by atoms with E-state index < -0.39 is 0 Å². The SMILES string of the molecule is CCCc1onc(C)c1C(=O)N1CC2(C1)CN(C)[C@@H](C(=O)NC)CO2. The van der Waals surface area contributed by atoms with Crippen LogP contribution in [0.1, 0.15) is 35.2 Å². The molecule has 8 heteroatoms. The third kappa shape index (κ3) is 3.16. The number of hydrogen-bond donors (Lipinski definition) is 1. The minimum atomic E-state index is -0.384. The van der Waals surface area contributed by atoms with Crippen molar-refractivity contribution >= 4 is 11.8 Å². The minimum Gasteiger partial charge on any atom is -0.368 e. The van der Waals surface area contributed by atoms with E-state index in [0.29, 0.717) is 49.7 Å². The molecule has 0 aromatic carbocycles. The molecule has 25 heavy (non-hydrogen) atoms. The highest BCUT2D eigenvalue weighted by atomic mass is 16.5. The number of amides is 2. The molecule has 8 nitrogen and oxygen atoms in total. The molecule has 0 radical (unpaired) electrons. The maximum Gasteiger partial charge on any atom is 0.259 e.